The third-order valence-corrected chi connectivity index (χ3v) is 9.20. The fourth-order valence-electron chi connectivity index (χ4n) is 5.10. The molecule has 0 unspecified atom stereocenters. The fraction of sp³-hybridized carbons (Fsp3) is 0.407. The molecule has 0 radical (unpaired) electrons. The molecule has 1 amide bonds. The normalized spacial score (nSPS) is 15.9. The van der Waals surface area contributed by atoms with E-state index in [2.05, 4.69) is 5.32 Å². The summed E-state index contributed by atoms with van der Waals surface area (Å²) in [6, 6.07) is 9.93. The molecule has 2 heterocycles. The van der Waals surface area contributed by atoms with Crippen molar-refractivity contribution in [3.8, 4) is 11.5 Å². The number of hydrogen-bond donors (Lipinski definition) is 1. The number of benzene rings is 2. The molecule has 0 bridgehead atoms. The molecule has 2 aliphatic rings. The van der Waals surface area contributed by atoms with Crippen molar-refractivity contribution in [2.24, 2.45) is 0 Å². The molecule has 3 aromatic rings. The van der Waals surface area contributed by atoms with E-state index in [1.54, 1.807) is 35.9 Å². The van der Waals surface area contributed by atoms with Crippen LogP contribution in [0, 0.1) is 0 Å². The average Bonchev–Trinajstić information content (AvgIpc) is 3.40. The Morgan fingerprint density at radius 3 is 2.59 bits per heavy atom. The van der Waals surface area contributed by atoms with Crippen LogP contribution in [0.3, 0.4) is 0 Å². The molecule has 10 heteroatoms. The number of nitrogens with zero attached hydrogens (tertiary/aromatic N) is 2. The first-order valence-electron chi connectivity index (χ1n) is 12.6. The lowest BCUT2D eigenvalue weighted by Gasteiger charge is -2.30. The van der Waals surface area contributed by atoms with Crippen LogP contribution >= 0.6 is 0 Å². The van der Waals surface area contributed by atoms with Crippen LogP contribution in [0.15, 0.2) is 52.3 Å². The van der Waals surface area contributed by atoms with Crippen LogP contribution in [0.5, 0.6) is 11.5 Å². The standard InChI is InChI=1S/C27H31N3O6S/c1-3-30-16-22(27(32)28-15-18-9-12-24-25(13-18)36-17-35-24)26(31)21-14-20(10-11-23(21)30)37(33,34)29(2)19-7-5-4-6-8-19/h9-14,16,19H,3-8,15,17H2,1-2H3,(H,28,32). The van der Waals surface area contributed by atoms with Gasteiger partial charge in [-0.25, -0.2) is 8.42 Å². The predicted molar refractivity (Wildman–Crippen MR) is 139 cm³/mol. The summed E-state index contributed by atoms with van der Waals surface area (Å²) in [6.07, 6.45) is 6.33. The number of nitrogens with one attached hydrogen (secondary N) is 1. The van der Waals surface area contributed by atoms with Gasteiger partial charge in [-0.2, -0.15) is 4.31 Å². The zero-order chi connectivity index (χ0) is 26.2. The van der Waals surface area contributed by atoms with Gasteiger partial charge in [-0.3, -0.25) is 9.59 Å². The van der Waals surface area contributed by atoms with Crippen LogP contribution in [0.1, 0.15) is 54.9 Å². The first-order valence-corrected chi connectivity index (χ1v) is 14.1. The Morgan fingerprint density at radius 2 is 1.84 bits per heavy atom. The molecule has 1 fully saturated rings. The first-order chi connectivity index (χ1) is 17.8. The summed E-state index contributed by atoms with van der Waals surface area (Å²) in [7, 11) is -2.18. The number of fused-ring (bicyclic) bond motifs is 2. The van der Waals surface area contributed by atoms with Gasteiger partial charge in [0, 0.05) is 37.8 Å². The van der Waals surface area contributed by atoms with Gasteiger partial charge in [0.2, 0.25) is 22.2 Å². The second kappa shape index (κ2) is 10.2. The van der Waals surface area contributed by atoms with Crippen molar-refractivity contribution < 1.29 is 22.7 Å². The van der Waals surface area contributed by atoms with Crippen molar-refractivity contribution in [2.45, 2.75) is 63.1 Å². The van der Waals surface area contributed by atoms with E-state index in [0.29, 0.717) is 23.6 Å². The number of hydrogen-bond acceptors (Lipinski definition) is 6. The lowest BCUT2D eigenvalue weighted by molar-refractivity contribution is 0.0949. The van der Waals surface area contributed by atoms with Crippen molar-refractivity contribution in [1.29, 1.82) is 0 Å². The average molecular weight is 526 g/mol. The summed E-state index contributed by atoms with van der Waals surface area (Å²) in [5.74, 6) is 0.729. The maximum Gasteiger partial charge on any atom is 0.257 e. The highest BCUT2D eigenvalue weighted by molar-refractivity contribution is 7.89. The number of rotatable bonds is 7. The van der Waals surface area contributed by atoms with Crippen LogP contribution in [0.2, 0.25) is 0 Å². The minimum atomic E-state index is -3.79. The smallest absolute Gasteiger partial charge is 0.257 e. The zero-order valence-corrected chi connectivity index (χ0v) is 21.8. The molecule has 9 nitrogen and oxygen atoms in total. The highest BCUT2D eigenvalue weighted by atomic mass is 32.2. The molecular weight excluding hydrogens is 494 g/mol. The molecule has 5 rings (SSSR count). The van der Waals surface area contributed by atoms with Gasteiger partial charge in [-0.1, -0.05) is 25.3 Å². The number of pyridine rings is 1. The molecule has 1 N–H and O–H groups in total. The number of sulfonamides is 1. The molecule has 0 atom stereocenters. The predicted octanol–water partition coefficient (Wildman–Crippen LogP) is 3.63. The SMILES string of the molecule is CCn1cc(C(=O)NCc2ccc3c(c2)OCO3)c(=O)c2cc(S(=O)(=O)N(C)C3CCCCC3)ccc21. The lowest BCUT2D eigenvalue weighted by atomic mass is 9.96. The third kappa shape index (κ3) is 4.83. The van der Waals surface area contributed by atoms with E-state index in [-0.39, 0.29) is 35.2 Å². The first kappa shape index (κ1) is 25.3. The molecule has 0 spiro atoms. The highest BCUT2D eigenvalue weighted by Gasteiger charge is 2.29. The second-order valence-electron chi connectivity index (χ2n) is 9.52. The van der Waals surface area contributed by atoms with E-state index in [1.165, 1.54) is 16.6 Å². The second-order valence-corrected chi connectivity index (χ2v) is 11.5. The maximum atomic E-state index is 13.4. The van der Waals surface area contributed by atoms with Gasteiger partial charge in [0.25, 0.3) is 5.91 Å². The minimum absolute atomic E-state index is 0.0368. The Bertz CT molecular complexity index is 1510. The third-order valence-electron chi connectivity index (χ3n) is 7.29. The number of amides is 1. The molecule has 0 saturated heterocycles. The number of ether oxygens (including phenoxy) is 2. The molecule has 1 saturated carbocycles. The van der Waals surface area contributed by atoms with E-state index in [4.69, 9.17) is 9.47 Å². The van der Waals surface area contributed by atoms with Crippen molar-refractivity contribution >= 4 is 26.8 Å². The molecule has 37 heavy (non-hydrogen) atoms. The number of aryl methyl sites for hydroxylation is 1. The largest absolute Gasteiger partial charge is 0.454 e. The van der Waals surface area contributed by atoms with E-state index in [9.17, 15) is 18.0 Å². The van der Waals surface area contributed by atoms with Gasteiger partial charge in [0.1, 0.15) is 5.56 Å². The van der Waals surface area contributed by atoms with E-state index in [0.717, 1.165) is 37.7 Å². The summed E-state index contributed by atoms with van der Waals surface area (Å²) in [4.78, 5) is 26.6. The number of carbonyl (C=O) groups is 1. The summed E-state index contributed by atoms with van der Waals surface area (Å²) >= 11 is 0. The molecule has 1 aliphatic carbocycles. The maximum absolute atomic E-state index is 13.4. The van der Waals surface area contributed by atoms with E-state index < -0.39 is 21.4 Å². The Kier molecular flexibility index (Phi) is 6.96. The van der Waals surface area contributed by atoms with Crippen molar-refractivity contribution in [3.63, 3.8) is 0 Å². The van der Waals surface area contributed by atoms with Crippen LogP contribution in [0.4, 0.5) is 0 Å². The summed E-state index contributed by atoms with van der Waals surface area (Å²) in [6.45, 7) is 2.76. The minimum Gasteiger partial charge on any atom is -0.454 e. The summed E-state index contributed by atoms with van der Waals surface area (Å²) < 4.78 is 40.8. The van der Waals surface area contributed by atoms with E-state index >= 15 is 0 Å². The molecule has 1 aliphatic heterocycles. The van der Waals surface area contributed by atoms with Gasteiger partial charge < -0.3 is 19.4 Å². The van der Waals surface area contributed by atoms with Crippen LogP contribution in [0.25, 0.3) is 10.9 Å². The Labute approximate surface area is 216 Å². The zero-order valence-electron chi connectivity index (χ0n) is 21.0. The Balaban J connectivity index is 1.45. The summed E-state index contributed by atoms with van der Waals surface area (Å²) in [5.41, 5.74) is 0.845. The van der Waals surface area contributed by atoms with Gasteiger partial charge in [0.15, 0.2) is 11.5 Å². The highest BCUT2D eigenvalue weighted by Crippen LogP contribution is 2.32. The molecule has 2 aromatic carbocycles. The fourth-order valence-corrected chi connectivity index (χ4v) is 6.54. The number of aromatic nitrogens is 1. The Hall–Kier alpha value is -3.37. The van der Waals surface area contributed by atoms with Crippen LogP contribution < -0.4 is 20.2 Å². The van der Waals surface area contributed by atoms with Gasteiger partial charge >= 0.3 is 0 Å². The summed E-state index contributed by atoms with van der Waals surface area (Å²) in [5, 5.41) is 3.00. The lowest BCUT2D eigenvalue weighted by Crippen LogP contribution is -2.38. The monoisotopic (exact) mass is 525 g/mol. The molecule has 1 aromatic heterocycles. The van der Waals surface area contributed by atoms with E-state index in [1.807, 2.05) is 13.0 Å². The molecule has 196 valence electrons. The molecular formula is C27H31N3O6S. The van der Waals surface area contributed by atoms with Crippen molar-refractivity contribution in [1.82, 2.24) is 14.2 Å². The van der Waals surface area contributed by atoms with Crippen molar-refractivity contribution in [2.75, 3.05) is 13.8 Å². The van der Waals surface area contributed by atoms with Gasteiger partial charge in [0.05, 0.1) is 10.4 Å². The number of carbonyl (C=O) groups excluding carboxylic acids is 1. The van der Waals surface area contributed by atoms with Crippen LogP contribution in [-0.4, -0.2) is 43.1 Å². The van der Waals surface area contributed by atoms with Gasteiger partial charge in [-0.05, 0) is 55.7 Å². The Morgan fingerprint density at radius 1 is 1.08 bits per heavy atom. The van der Waals surface area contributed by atoms with Crippen molar-refractivity contribution in [3.05, 3.63) is 63.9 Å². The van der Waals surface area contributed by atoms with Crippen LogP contribution in [-0.2, 0) is 23.1 Å². The quantitative estimate of drug-likeness (QED) is 0.505. The van der Waals surface area contributed by atoms with Gasteiger partial charge in [-0.15, -0.1) is 0 Å². The topological polar surface area (TPSA) is 107 Å².